The van der Waals surface area contributed by atoms with E-state index in [0.29, 0.717) is 5.75 Å². The van der Waals surface area contributed by atoms with Crippen molar-refractivity contribution in [3.63, 3.8) is 0 Å². The van der Waals surface area contributed by atoms with Gasteiger partial charge in [0, 0.05) is 0 Å². The number of carbonyl (C=O) groups is 1. The molecule has 1 aromatic carbocycles. The van der Waals surface area contributed by atoms with Crippen molar-refractivity contribution in [2.45, 2.75) is 0 Å². The van der Waals surface area contributed by atoms with Crippen LogP contribution >= 0.6 is 0 Å². The van der Waals surface area contributed by atoms with Crippen molar-refractivity contribution in [2.24, 2.45) is 0 Å². The number of ether oxygens (including phenoxy) is 1. The summed E-state index contributed by atoms with van der Waals surface area (Å²) >= 11 is 0. The van der Waals surface area contributed by atoms with Crippen molar-refractivity contribution < 1.29 is 14.6 Å². The number of carboxylic acid groups (broad SMARTS) is 1. The lowest BCUT2D eigenvalue weighted by Crippen LogP contribution is -1.95. The van der Waals surface area contributed by atoms with E-state index in [0.717, 1.165) is 0 Å². The minimum absolute atomic E-state index is 0.240. The van der Waals surface area contributed by atoms with Gasteiger partial charge in [0.05, 0.1) is 12.7 Å². The highest BCUT2D eigenvalue weighted by Gasteiger charge is 2.01. The van der Waals surface area contributed by atoms with Gasteiger partial charge in [0.2, 0.25) is 0 Å². The van der Waals surface area contributed by atoms with Crippen molar-refractivity contribution in [3.05, 3.63) is 29.8 Å². The van der Waals surface area contributed by atoms with Gasteiger partial charge in [-0.05, 0) is 18.2 Å². The minimum Gasteiger partial charge on any atom is -0.497 e. The first-order valence-electron chi connectivity index (χ1n) is 3.11. The molecule has 0 spiro atoms. The Hall–Kier alpha value is -1.51. The maximum Gasteiger partial charge on any atom is 0.335 e. The van der Waals surface area contributed by atoms with Gasteiger partial charge in [0.25, 0.3) is 0 Å². The van der Waals surface area contributed by atoms with E-state index in [4.69, 9.17) is 9.84 Å². The van der Waals surface area contributed by atoms with Gasteiger partial charge < -0.3 is 9.84 Å². The van der Waals surface area contributed by atoms with Crippen LogP contribution in [-0.2, 0) is 0 Å². The normalized spacial score (nSPS) is 9.18. The fourth-order valence-corrected chi connectivity index (χ4v) is 0.756. The van der Waals surface area contributed by atoms with E-state index in [1.165, 1.54) is 19.2 Å². The van der Waals surface area contributed by atoms with Crippen molar-refractivity contribution in [3.8, 4) is 5.75 Å². The van der Waals surface area contributed by atoms with E-state index in [1.54, 1.807) is 12.1 Å². The van der Waals surface area contributed by atoms with Gasteiger partial charge in [0.1, 0.15) is 5.75 Å². The number of benzene rings is 1. The molecule has 0 heterocycles. The second-order valence-corrected chi connectivity index (χ2v) is 2.04. The smallest absolute Gasteiger partial charge is 0.335 e. The van der Waals surface area contributed by atoms with E-state index >= 15 is 0 Å². The van der Waals surface area contributed by atoms with Gasteiger partial charge in [-0.2, -0.15) is 0 Å². The second kappa shape index (κ2) is 3.05. The predicted octanol–water partition coefficient (Wildman–Crippen LogP) is 1.39. The maximum atomic E-state index is 10.4. The van der Waals surface area contributed by atoms with Gasteiger partial charge >= 0.3 is 5.97 Å². The molecule has 0 radical (unpaired) electrons. The Morgan fingerprint density at radius 1 is 1.55 bits per heavy atom. The molecule has 1 aromatic rings. The molecule has 0 atom stereocenters. The molecule has 58 valence electrons. The lowest BCUT2D eigenvalue weighted by Gasteiger charge is -1.98. The largest absolute Gasteiger partial charge is 0.497 e. The zero-order valence-corrected chi connectivity index (χ0v) is 6.07. The lowest BCUT2D eigenvalue weighted by molar-refractivity contribution is 0.0696. The average Bonchev–Trinajstić information content (AvgIpc) is 2.05. The summed E-state index contributed by atoms with van der Waals surface area (Å²) in [7, 11) is 1.50. The summed E-state index contributed by atoms with van der Waals surface area (Å²) in [6, 6.07) is 6.34. The van der Waals surface area contributed by atoms with Crippen LogP contribution in [0.4, 0.5) is 0 Å². The maximum absolute atomic E-state index is 10.4. The quantitative estimate of drug-likeness (QED) is 0.653. The molecular weight excluding hydrogens is 145 g/mol. The van der Waals surface area contributed by atoms with Crippen LogP contribution in [0.1, 0.15) is 10.4 Å². The molecule has 0 aliphatic carbocycles. The van der Waals surface area contributed by atoms with Crippen molar-refractivity contribution in [1.29, 1.82) is 0 Å². The first kappa shape index (κ1) is 7.60. The fraction of sp³-hybridized carbons (Fsp3) is 0.125. The van der Waals surface area contributed by atoms with E-state index in [1.807, 2.05) is 0 Å². The Labute approximate surface area is 64.2 Å². The third kappa shape index (κ3) is 1.70. The molecule has 0 aliphatic rings. The van der Waals surface area contributed by atoms with Gasteiger partial charge in [0.15, 0.2) is 0 Å². The highest BCUT2D eigenvalue weighted by Crippen LogP contribution is 2.11. The molecule has 1 N–H and O–H groups in total. The van der Waals surface area contributed by atoms with Gasteiger partial charge in [-0.1, -0.05) is 6.07 Å². The van der Waals surface area contributed by atoms with Crippen LogP contribution in [0.3, 0.4) is 0 Å². The molecule has 3 nitrogen and oxygen atoms in total. The third-order valence-electron chi connectivity index (χ3n) is 1.32. The SMILES string of the molecule is COc1cccc([13C](=O)O)c1. The van der Waals surface area contributed by atoms with Gasteiger partial charge in [-0.25, -0.2) is 4.79 Å². The first-order chi connectivity index (χ1) is 5.24. The number of carboxylic acids is 1. The monoisotopic (exact) mass is 153 g/mol. The molecule has 11 heavy (non-hydrogen) atoms. The second-order valence-electron chi connectivity index (χ2n) is 2.04. The third-order valence-corrected chi connectivity index (χ3v) is 1.32. The summed E-state index contributed by atoms with van der Waals surface area (Å²) < 4.78 is 4.84. The number of rotatable bonds is 2. The Kier molecular flexibility index (Phi) is 2.11. The standard InChI is InChI=1S/C8H8O3/c1-11-7-4-2-3-6(5-7)8(9)10/h2-5H,1H3,(H,9,10)/i8+1. The van der Waals surface area contributed by atoms with Crippen LogP contribution in [0.2, 0.25) is 0 Å². The number of hydrogen-bond donors (Lipinski definition) is 1. The molecule has 0 saturated heterocycles. The Bertz CT molecular complexity index is 268. The Balaban J connectivity index is 3.01. The van der Waals surface area contributed by atoms with E-state index in [2.05, 4.69) is 0 Å². The zero-order chi connectivity index (χ0) is 8.27. The molecule has 0 fully saturated rings. The minimum atomic E-state index is -0.941. The summed E-state index contributed by atoms with van der Waals surface area (Å²) in [5.41, 5.74) is 0.240. The summed E-state index contributed by atoms with van der Waals surface area (Å²) in [6.45, 7) is 0. The van der Waals surface area contributed by atoms with Crippen LogP contribution in [0.15, 0.2) is 24.3 Å². The van der Waals surface area contributed by atoms with Crippen LogP contribution in [-0.4, -0.2) is 18.2 Å². The van der Waals surface area contributed by atoms with E-state index in [-0.39, 0.29) is 5.56 Å². The number of aromatic carboxylic acids is 1. The summed E-state index contributed by atoms with van der Waals surface area (Å²) in [5.74, 6) is -0.381. The fourth-order valence-electron chi connectivity index (χ4n) is 0.756. The van der Waals surface area contributed by atoms with Gasteiger partial charge in [-0.15, -0.1) is 0 Å². The van der Waals surface area contributed by atoms with Crippen LogP contribution in [0, 0.1) is 0 Å². The molecule has 0 bridgehead atoms. The lowest BCUT2D eigenvalue weighted by atomic mass is 10.3. The summed E-state index contributed by atoms with van der Waals surface area (Å²) in [5, 5.41) is 8.55. The van der Waals surface area contributed by atoms with Crippen molar-refractivity contribution in [1.82, 2.24) is 0 Å². The van der Waals surface area contributed by atoms with Crippen LogP contribution in [0.25, 0.3) is 0 Å². The molecule has 0 unspecified atom stereocenters. The Morgan fingerprint density at radius 3 is 2.82 bits per heavy atom. The number of hydrogen-bond acceptors (Lipinski definition) is 2. The molecule has 0 aromatic heterocycles. The predicted molar refractivity (Wildman–Crippen MR) is 40.0 cm³/mol. The molecule has 3 heteroatoms. The number of methoxy groups -OCH3 is 1. The average molecular weight is 153 g/mol. The van der Waals surface area contributed by atoms with Crippen molar-refractivity contribution >= 4 is 5.97 Å². The topological polar surface area (TPSA) is 46.5 Å². The molecule has 1 rings (SSSR count). The van der Waals surface area contributed by atoms with Crippen LogP contribution in [0.5, 0.6) is 5.75 Å². The van der Waals surface area contributed by atoms with E-state index < -0.39 is 5.97 Å². The van der Waals surface area contributed by atoms with Crippen LogP contribution < -0.4 is 4.74 Å². The van der Waals surface area contributed by atoms with Crippen molar-refractivity contribution in [2.75, 3.05) is 7.11 Å². The summed E-state index contributed by atoms with van der Waals surface area (Å²) in [6.07, 6.45) is 0. The van der Waals surface area contributed by atoms with E-state index in [9.17, 15) is 4.79 Å². The molecular formula is C8H8O3. The molecule has 0 saturated carbocycles. The molecule has 0 amide bonds. The highest BCUT2D eigenvalue weighted by molar-refractivity contribution is 5.87. The summed E-state index contributed by atoms with van der Waals surface area (Å²) in [4.78, 5) is 10.4. The first-order valence-corrected chi connectivity index (χ1v) is 3.11. The zero-order valence-electron chi connectivity index (χ0n) is 6.07. The van der Waals surface area contributed by atoms with Gasteiger partial charge in [-0.3, -0.25) is 0 Å². The Morgan fingerprint density at radius 2 is 2.27 bits per heavy atom. The highest BCUT2D eigenvalue weighted by atomic mass is 16.5. The molecule has 0 aliphatic heterocycles.